The number of pyridine rings is 2. The molecule has 0 fully saturated rings. The zero-order valence-corrected chi connectivity index (χ0v) is 9.16. The lowest BCUT2D eigenvalue weighted by Gasteiger charge is -1.96. The van der Waals surface area contributed by atoms with Gasteiger partial charge in [0.1, 0.15) is 0 Å². The molecule has 4 rings (SSSR count). The van der Waals surface area contributed by atoms with Crippen LogP contribution in [0.15, 0.2) is 41.5 Å². The van der Waals surface area contributed by atoms with Crippen LogP contribution >= 0.6 is 0 Å². The summed E-state index contributed by atoms with van der Waals surface area (Å²) >= 11 is 0. The van der Waals surface area contributed by atoms with Gasteiger partial charge < -0.3 is 4.98 Å². The second-order valence-electron chi connectivity index (χ2n) is 4.01. The first kappa shape index (κ1) is 9.29. The van der Waals surface area contributed by atoms with Gasteiger partial charge in [0, 0.05) is 23.8 Å². The molecule has 86 valence electrons. The number of rotatable bonds is 0. The molecule has 0 aromatic carbocycles. The topological polar surface area (TPSA) is 75.9 Å². The van der Waals surface area contributed by atoms with Gasteiger partial charge in [-0.1, -0.05) is 0 Å². The molecule has 4 heterocycles. The maximum Gasteiger partial charge on any atom is 0.249 e. The van der Waals surface area contributed by atoms with Gasteiger partial charge in [0.15, 0.2) is 16.9 Å². The summed E-state index contributed by atoms with van der Waals surface area (Å²) in [6, 6.07) is 6.96. The molecule has 4 aromatic heterocycles. The van der Waals surface area contributed by atoms with E-state index in [1.807, 2.05) is 18.3 Å². The highest BCUT2D eigenvalue weighted by Gasteiger charge is 2.08. The number of hydrogen-bond acceptors (Lipinski definition) is 4. The van der Waals surface area contributed by atoms with Crippen molar-refractivity contribution in [3.8, 4) is 0 Å². The Hall–Kier alpha value is -2.76. The lowest BCUT2D eigenvalue weighted by molar-refractivity contribution is 0.957. The molecule has 1 N–H and O–H groups in total. The van der Waals surface area contributed by atoms with Gasteiger partial charge in [-0.3, -0.25) is 4.79 Å². The average molecular weight is 237 g/mol. The number of fused-ring (bicyclic) bond motifs is 4. The summed E-state index contributed by atoms with van der Waals surface area (Å²) in [4.78, 5) is 22.6. The van der Waals surface area contributed by atoms with Crippen molar-refractivity contribution in [1.29, 1.82) is 0 Å². The van der Waals surface area contributed by atoms with Gasteiger partial charge in [0.2, 0.25) is 5.56 Å². The smallest absolute Gasteiger partial charge is 0.249 e. The molecule has 0 atom stereocenters. The van der Waals surface area contributed by atoms with Gasteiger partial charge in [-0.15, -0.1) is 5.10 Å². The molecule has 0 aliphatic heterocycles. The number of H-pyrrole nitrogens is 1. The van der Waals surface area contributed by atoms with Gasteiger partial charge >= 0.3 is 0 Å². The fraction of sp³-hybridized carbons (Fsp3) is 0. The van der Waals surface area contributed by atoms with Crippen molar-refractivity contribution in [2.24, 2.45) is 0 Å². The Labute approximate surface area is 99.9 Å². The van der Waals surface area contributed by atoms with Gasteiger partial charge in [0.05, 0.1) is 5.39 Å². The molecule has 18 heavy (non-hydrogen) atoms. The average Bonchev–Trinajstić information content (AvgIpc) is 2.72. The third kappa shape index (κ3) is 1.17. The third-order valence-corrected chi connectivity index (χ3v) is 2.85. The van der Waals surface area contributed by atoms with Crippen LogP contribution < -0.4 is 5.56 Å². The predicted octanol–water partition coefficient (Wildman–Crippen LogP) is 1.12. The van der Waals surface area contributed by atoms with Crippen molar-refractivity contribution in [3.05, 3.63) is 47.0 Å². The van der Waals surface area contributed by atoms with E-state index in [1.165, 1.54) is 6.07 Å². The first-order chi connectivity index (χ1) is 8.81. The zero-order chi connectivity index (χ0) is 12.1. The Balaban J connectivity index is 2.27. The number of nitrogens with zero attached hydrogens (tertiary/aromatic N) is 4. The molecule has 4 aromatic rings. The van der Waals surface area contributed by atoms with E-state index < -0.39 is 0 Å². The summed E-state index contributed by atoms with van der Waals surface area (Å²) in [7, 11) is 0. The van der Waals surface area contributed by atoms with Crippen molar-refractivity contribution >= 4 is 27.7 Å². The highest BCUT2D eigenvalue weighted by atomic mass is 16.1. The number of hydrogen-bond donors (Lipinski definition) is 1. The molecule has 0 unspecified atom stereocenters. The molecule has 6 heteroatoms. The SMILES string of the molecule is O=c1ccc2c(nn3cc4cccnc4nc23)[nH]1. The highest BCUT2D eigenvalue weighted by Crippen LogP contribution is 2.17. The Kier molecular flexibility index (Phi) is 1.62. The molecular formula is C12H7N5O. The van der Waals surface area contributed by atoms with E-state index >= 15 is 0 Å². The minimum atomic E-state index is -0.173. The van der Waals surface area contributed by atoms with E-state index in [-0.39, 0.29) is 5.56 Å². The zero-order valence-electron chi connectivity index (χ0n) is 9.16. The first-order valence-electron chi connectivity index (χ1n) is 5.44. The van der Waals surface area contributed by atoms with Crippen molar-refractivity contribution in [3.63, 3.8) is 0 Å². The van der Waals surface area contributed by atoms with Crippen LogP contribution in [0, 0.1) is 0 Å². The Bertz CT molecular complexity index is 953. The highest BCUT2D eigenvalue weighted by molar-refractivity contribution is 5.91. The Morgan fingerprint density at radius 3 is 3.11 bits per heavy atom. The fourth-order valence-corrected chi connectivity index (χ4v) is 2.04. The monoisotopic (exact) mass is 237 g/mol. The molecule has 0 amide bonds. The lowest BCUT2D eigenvalue weighted by atomic mass is 10.3. The molecule has 0 saturated heterocycles. The van der Waals surface area contributed by atoms with Crippen LogP contribution in [0.2, 0.25) is 0 Å². The molecule has 0 aliphatic rings. The van der Waals surface area contributed by atoms with Crippen LogP contribution in [0.5, 0.6) is 0 Å². The van der Waals surface area contributed by atoms with Crippen molar-refractivity contribution in [2.45, 2.75) is 0 Å². The van der Waals surface area contributed by atoms with Crippen LogP contribution in [0.4, 0.5) is 0 Å². The summed E-state index contributed by atoms with van der Waals surface area (Å²) in [5.74, 6) is 0. The fourth-order valence-electron chi connectivity index (χ4n) is 2.04. The van der Waals surface area contributed by atoms with E-state index in [0.717, 1.165) is 10.8 Å². The van der Waals surface area contributed by atoms with Crippen LogP contribution in [0.3, 0.4) is 0 Å². The lowest BCUT2D eigenvalue weighted by Crippen LogP contribution is -2.01. The first-order valence-corrected chi connectivity index (χ1v) is 5.44. The van der Waals surface area contributed by atoms with Crippen LogP contribution in [-0.2, 0) is 0 Å². The van der Waals surface area contributed by atoms with Crippen molar-refractivity contribution in [2.75, 3.05) is 0 Å². The van der Waals surface area contributed by atoms with E-state index in [0.29, 0.717) is 16.9 Å². The second-order valence-corrected chi connectivity index (χ2v) is 4.01. The third-order valence-electron chi connectivity index (χ3n) is 2.85. The summed E-state index contributed by atoms with van der Waals surface area (Å²) in [5, 5.41) is 6.01. The van der Waals surface area contributed by atoms with Gasteiger partial charge in [-0.2, -0.15) is 0 Å². The van der Waals surface area contributed by atoms with Crippen LogP contribution in [0.25, 0.3) is 27.7 Å². The quantitative estimate of drug-likeness (QED) is 0.497. The molecule has 0 spiro atoms. The molecular weight excluding hydrogens is 230 g/mol. The molecule has 0 saturated carbocycles. The molecule has 0 bridgehead atoms. The van der Waals surface area contributed by atoms with Crippen molar-refractivity contribution < 1.29 is 0 Å². The number of aromatic nitrogens is 5. The van der Waals surface area contributed by atoms with Gasteiger partial charge in [0.25, 0.3) is 0 Å². The van der Waals surface area contributed by atoms with E-state index in [1.54, 1.807) is 16.8 Å². The molecule has 6 nitrogen and oxygen atoms in total. The minimum Gasteiger partial charge on any atom is -0.305 e. The van der Waals surface area contributed by atoms with E-state index in [9.17, 15) is 4.79 Å². The normalized spacial score (nSPS) is 11.6. The number of aromatic amines is 1. The minimum absolute atomic E-state index is 0.173. The molecule has 0 aliphatic carbocycles. The van der Waals surface area contributed by atoms with Gasteiger partial charge in [-0.25, -0.2) is 14.5 Å². The maximum absolute atomic E-state index is 11.3. The standard InChI is InChI=1S/C12H7N5O/c18-9-4-3-8-11(14-9)16-17-6-7-2-1-5-13-10(7)15-12(8)17/h1-6H,(H,14,16,18). The van der Waals surface area contributed by atoms with Crippen LogP contribution in [0.1, 0.15) is 0 Å². The van der Waals surface area contributed by atoms with E-state index in [2.05, 4.69) is 20.1 Å². The van der Waals surface area contributed by atoms with Crippen molar-refractivity contribution in [1.82, 2.24) is 24.6 Å². The predicted molar refractivity (Wildman–Crippen MR) is 66.4 cm³/mol. The van der Waals surface area contributed by atoms with E-state index in [4.69, 9.17) is 0 Å². The Morgan fingerprint density at radius 1 is 1.22 bits per heavy atom. The summed E-state index contributed by atoms with van der Waals surface area (Å²) in [5.41, 5.74) is 1.71. The summed E-state index contributed by atoms with van der Waals surface area (Å²) < 4.78 is 1.66. The number of nitrogens with one attached hydrogen (secondary N) is 1. The van der Waals surface area contributed by atoms with Gasteiger partial charge in [-0.05, 0) is 18.2 Å². The Morgan fingerprint density at radius 2 is 2.17 bits per heavy atom. The maximum atomic E-state index is 11.3. The largest absolute Gasteiger partial charge is 0.305 e. The van der Waals surface area contributed by atoms with Crippen LogP contribution in [-0.4, -0.2) is 24.6 Å². The second kappa shape index (κ2) is 3.13. The molecule has 0 radical (unpaired) electrons. The summed E-state index contributed by atoms with van der Waals surface area (Å²) in [6.07, 6.45) is 3.55. The summed E-state index contributed by atoms with van der Waals surface area (Å²) in [6.45, 7) is 0.